The van der Waals surface area contributed by atoms with Crippen LogP contribution < -0.4 is 15.5 Å². The van der Waals surface area contributed by atoms with Crippen LogP contribution in [0.5, 0.6) is 0 Å². The Morgan fingerprint density at radius 2 is 1.74 bits per heavy atom. The number of rotatable bonds is 8. The summed E-state index contributed by atoms with van der Waals surface area (Å²) in [6, 6.07) is 14.7. The van der Waals surface area contributed by atoms with Gasteiger partial charge in [-0.1, -0.05) is 35.9 Å². The molecule has 2 fully saturated rings. The fraction of sp³-hybridized carbons (Fsp3) is 0.462. The molecule has 0 aliphatic carbocycles. The van der Waals surface area contributed by atoms with E-state index in [-0.39, 0.29) is 12.1 Å². The third-order valence-corrected chi connectivity index (χ3v) is 6.98. The molecule has 0 radical (unpaired) electrons. The van der Waals surface area contributed by atoms with E-state index >= 15 is 0 Å². The number of carbonyl (C=O) groups excluding carboxylic acids is 2. The molecule has 206 valence electrons. The van der Waals surface area contributed by atoms with E-state index in [1.165, 1.54) is 5.56 Å². The number of piperidine rings is 1. The summed E-state index contributed by atoms with van der Waals surface area (Å²) in [7, 11) is 0. The molecule has 3 N–H and O–H groups in total. The number of esters is 1. The van der Waals surface area contributed by atoms with Gasteiger partial charge in [-0.15, -0.1) is 0 Å². The largest absolute Gasteiger partial charge is 0.490 e. The van der Waals surface area contributed by atoms with E-state index < -0.39 is 30.8 Å². The summed E-state index contributed by atoms with van der Waals surface area (Å²) < 4.78 is 40.9. The lowest BCUT2D eigenvalue weighted by molar-refractivity contribution is -0.199. The summed E-state index contributed by atoms with van der Waals surface area (Å²) in [4.78, 5) is 27.3. The number of anilines is 2. The molecule has 38 heavy (non-hydrogen) atoms. The fourth-order valence-corrected chi connectivity index (χ4v) is 4.94. The van der Waals surface area contributed by atoms with Crippen molar-refractivity contribution in [2.45, 2.75) is 43.8 Å². The molecule has 2 saturated heterocycles. The third kappa shape index (κ3) is 7.59. The molecule has 2 unspecified atom stereocenters. The van der Waals surface area contributed by atoms with Crippen LogP contribution in [0.3, 0.4) is 0 Å². The van der Waals surface area contributed by atoms with Crippen LogP contribution in [-0.2, 0) is 20.9 Å². The van der Waals surface area contributed by atoms with Gasteiger partial charge in [0.15, 0.2) is 6.61 Å². The highest BCUT2D eigenvalue weighted by Gasteiger charge is 2.41. The average Bonchev–Trinajstić information content (AvgIpc) is 3.24. The van der Waals surface area contributed by atoms with Gasteiger partial charge in [0.1, 0.15) is 0 Å². The molecule has 2 aliphatic heterocycles. The van der Waals surface area contributed by atoms with Gasteiger partial charge >= 0.3 is 12.1 Å². The highest BCUT2D eigenvalue weighted by Crippen LogP contribution is 2.29. The maximum atomic E-state index is 12.3. The number of carbonyl (C=O) groups is 2. The fourth-order valence-electron chi connectivity index (χ4n) is 4.81. The molecule has 2 heterocycles. The predicted molar refractivity (Wildman–Crippen MR) is 137 cm³/mol. The second-order valence-electron chi connectivity index (χ2n) is 9.56. The number of β-amino-alcohol motifs (C(OH)–C–C–N with tert-alkyl or cyclic N) is 1. The number of halogens is 4. The van der Waals surface area contributed by atoms with Crippen LogP contribution in [-0.4, -0.2) is 79.0 Å². The Bertz CT molecular complexity index is 1110. The molecular weight excluding hydrogens is 525 g/mol. The number of likely N-dealkylation sites (tertiary alicyclic amines) is 1. The molecule has 0 spiro atoms. The molecule has 1 amide bonds. The van der Waals surface area contributed by atoms with Gasteiger partial charge in [0, 0.05) is 30.7 Å². The van der Waals surface area contributed by atoms with Crippen molar-refractivity contribution < 1.29 is 32.6 Å². The molecular formula is C26H30ClF3N4O4. The maximum absolute atomic E-state index is 12.3. The van der Waals surface area contributed by atoms with Crippen LogP contribution in [0.1, 0.15) is 18.4 Å². The molecule has 2 aromatic carbocycles. The smallest absolute Gasteiger partial charge is 0.449 e. The molecule has 12 heteroatoms. The number of aliphatic hydroxyl groups excluding tert-OH is 1. The van der Waals surface area contributed by atoms with E-state index in [0.29, 0.717) is 24.5 Å². The van der Waals surface area contributed by atoms with Crippen molar-refractivity contribution in [3.05, 3.63) is 59.1 Å². The normalized spacial score (nSPS) is 20.9. The lowest BCUT2D eigenvalue weighted by Gasteiger charge is -2.34. The first-order chi connectivity index (χ1) is 18.1. The van der Waals surface area contributed by atoms with Gasteiger partial charge < -0.3 is 25.4 Å². The minimum atomic E-state index is -5.17. The van der Waals surface area contributed by atoms with Gasteiger partial charge in [-0.2, -0.15) is 13.2 Å². The number of aliphatic hydroxyl groups is 1. The first-order valence-corrected chi connectivity index (χ1v) is 12.7. The van der Waals surface area contributed by atoms with Crippen molar-refractivity contribution >= 4 is 34.9 Å². The number of nitrogens with one attached hydrogen (secondary N) is 2. The van der Waals surface area contributed by atoms with E-state index in [2.05, 4.69) is 20.3 Å². The van der Waals surface area contributed by atoms with Gasteiger partial charge in [0.25, 0.3) is 5.91 Å². The molecule has 0 saturated carbocycles. The van der Waals surface area contributed by atoms with Gasteiger partial charge in [-0.05, 0) is 55.8 Å². The zero-order valence-electron chi connectivity index (χ0n) is 20.6. The molecule has 2 aliphatic rings. The number of para-hydroxylation sites is 2. The van der Waals surface area contributed by atoms with Crippen molar-refractivity contribution in [3.63, 3.8) is 0 Å². The monoisotopic (exact) mass is 554 g/mol. The molecule has 0 bridgehead atoms. The van der Waals surface area contributed by atoms with Crippen molar-refractivity contribution in [1.29, 1.82) is 0 Å². The Morgan fingerprint density at radius 3 is 2.42 bits per heavy atom. The van der Waals surface area contributed by atoms with Crippen molar-refractivity contribution in [3.8, 4) is 0 Å². The first kappa shape index (κ1) is 28.2. The quantitative estimate of drug-likeness (QED) is 0.432. The Morgan fingerprint density at radius 1 is 1.05 bits per heavy atom. The number of benzene rings is 2. The summed E-state index contributed by atoms with van der Waals surface area (Å²) in [6.07, 6.45) is -3.92. The number of hydrogen-bond acceptors (Lipinski definition) is 7. The predicted octanol–water partition coefficient (Wildman–Crippen LogP) is 3.19. The van der Waals surface area contributed by atoms with Crippen LogP contribution >= 0.6 is 11.6 Å². The zero-order valence-corrected chi connectivity index (χ0v) is 21.3. The van der Waals surface area contributed by atoms with Crippen molar-refractivity contribution in [2.24, 2.45) is 0 Å². The Kier molecular flexibility index (Phi) is 9.14. The summed E-state index contributed by atoms with van der Waals surface area (Å²) in [5, 5.41) is 17.5. The Balaban J connectivity index is 1.27. The third-order valence-electron chi connectivity index (χ3n) is 6.73. The second kappa shape index (κ2) is 12.3. The van der Waals surface area contributed by atoms with Crippen LogP contribution in [0, 0.1) is 0 Å². The van der Waals surface area contributed by atoms with E-state index in [1.54, 1.807) is 24.3 Å². The van der Waals surface area contributed by atoms with Crippen LogP contribution in [0.15, 0.2) is 48.5 Å². The van der Waals surface area contributed by atoms with Crippen LogP contribution in [0.4, 0.5) is 24.5 Å². The summed E-state index contributed by atoms with van der Waals surface area (Å²) in [5.74, 6) is -3.32. The summed E-state index contributed by atoms with van der Waals surface area (Å²) in [6.45, 7) is 2.48. The standard InChI is InChI=1S/C26H30ClF3N4O4/c27-18-7-5-17(6-8-18)13-33-11-9-19(10-12-33)31-21-14-34(15-23(21)35)22-4-2-1-3-20(22)32-24(36)16-38-25(37)26(28,29)30/h1-8,19,21,23,31,35H,9-16H2,(H,32,36). The lowest BCUT2D eigenvalue weighted by atomic mass is 10.0. The van der Waals surface area contributed by atoms with Gasteiger partial charge in [-0.25, -0.2) is 4.79 Å². The molecule has 2 aromatic rings. The second-order valence-corrected chi connectivity index (χ2v) is 10.00. The SMILES string of the molecule is O=C(COC(=O)C(F)(F)F)Nc1ccccc1N1CC(O)C(NC2CCN(Cc3ccc(Cl)cc3)CC2)C1. The number of amides is 1. The van der Waals surface area contributed by atoms with Gasteiger partial charge in [0.2, 0.25) is 0 Å². The zero-order chi connectivity index (χ0) is 27.3. The van der Waals surface area contributed by atoms with Crippen LogP contribution in [0.2, 0.25) is 5.02 Å². The van der Waals surface area contributed by atoms with E-state index in [4.69, 9.17) is 11.6 Å². The van der Waals surface area contributed by atoms with E-state index in [9.17, 15) is 27.9 Å². The molecule has 2 atom stereocenters. The Hall–Kier alpha value is -2.86. The number of ether oxygens (including phenoxy) is 1. The molecule has 4 rings (SSSR count). The number of nitrogens with zero attached hydrogens (tertiary/aromatic N) is 2. The maximum Gasteiger partial charge on any atom is 0.490 e. The minimum Gasteiger partial charge on any atom is -0.449 e. The van der Waals surface area contributed by atoms with Gasteiger partial charge in [-0.3, -0.25) is 9.69 Å². The molecule has 8 nitrogen and oxygen atoms in total. The summed E-state index contributed by atoms with van der Waals surface area (Å²) >= 11 is 5.97. The van der Waals surface area contributed by atoms with Crippen molar-refractivity contribution in [1.82, 2.24) is 10.2 Å². The van der Waals surface area contributed by atoms with E-state index in [0.717, 1.165) is 37.5 Å². The topological polar surface area (TPSA) is 94.1 Å². The van der Waals surface area contributed by atoms with Gasteiger partial charge in [0.05, 0.1) is 23.5 Å². The highest BCUT2D eigenvalue weighted by atomic mass is 35.5. The van der Waals surface area contributed by atoms with Crippen molar-refractivity contribution in [2.75, 3.05) is 43.0 Å². The first-order valence-electron chi connectivity index (χ1n) is 12.4. The summed E-state index contributed by atoms with van der Waals surface area (Å²) in [5.41, 5.74) is 2.18. The number of hydrogen-bond donors (Lipinski definition) is 3. The van der Waals surface area contributed by atoms with E-state index in [1.807, 2.05) is 29.2 Å². The molecule has 0 aromatic heterocycles. The Labute approximate surface area is 223 Å². The lowest BCUT2D eigenvalue weighted by Crippen LogP contribution is -2.49. The average molecular weight is 555 g/mol. The highest BCUT2D eigenvalue weighted by molar-refractivity contribution is 6.30. The number of alkyl halides is 3. The van der Waals surface area contributed by atoms with Crippen LogP contribution in [0.25, 0.3) is 0 Å². The minimum absolute atomic E-state index is 0.181.